The van der Waals surface area contributed by atoms with Crippen molar-refractivity contribution in [2.24, 2.45) is 0 Å². The lowest BCUT2D eigenvalue weighted by molar-refractivity contribution is 0.928. The Morgan fingerprint density at radius 3 is 2.31 bits per heavy atom. The van der Waals surface area contributed by atoms with Crippen LogP contribution in [0.1, 0.15) is 11.6 Å². The van der Waals surface area contributed by atoms with E-state index in [1.54, 1.807) is 0 Å². The van der Waals surface area contributed by atoms with Crippen LogP contribution in [0.25, 0.3) is 11.4 Å². The molecule has 2 rings (SSSR count). The van der Waals surface area contributed by atoms with Crippen molar-refractivity contribution in [1.29, 1.82) is 0 Å². The summed E-state index contributed by atoms with van der Waals surface area (Å²) in [5, 5.41) is 3.10. The number of hydrogen-bond donors (Lipinski definition) is 1. The highest BCUT2D eigenvalue weighted by molar-refractivity contribution is 5.62. The molecule has 0 aliphatic heterocycles. The first-order chi connectivity index (χ1) is 7.69. The fourth-order valence-electron chi connectivity index (χ4n) is 1.56. The molecular weight excluding hydrogens is 200 g/mol. The molecular formula is C12H14N4. The Kier molecular flexibility index (Phi) is 2.81. The average molecular weight is 214 g/mol. The van der Waals surface area contributed by atoms with Crippen molar-refractivity contribution >= 4 is 5.69 Å². The maximum atomic E-state index is 4.33. The Hall–Kier alpha value is -1.97. The van der Waals surface area contributed by atoms with Crippen LogP contribution in [0.15, 0.2) is 24.3 Å². The summed E-state index contributed by atoms with van der Waals surface area (Å²) in [6.45, 7) is 3.75. The third-order valence-corrected chi connectivity index (χ3v) is 2.27. The zero-order valence-corrected chi connectivity index (χ0v) is 9.65. The van der Waals surface area contributed by atoms with Crippen LogP contribution in [0, 0.1) is 13.8 Å². The molecule has 0 saturated carbocycles. The van der Waals surface area contributed by atoms with Gasteiger partial charge in [-0.3, -0.25) is 0 Å². The van der Waals surface area contributed by atoms with Crippen molar-refractivity contribution in [2.75, 3.05) is 12.4 Å². The van der Waals surface area contributed by atoms with Gasteiger partial charge < -0.3 is 5.32 Å². The van der Waals surface area contributed by atoms with Crippen LogP contribution < -0.4 is 5.32 Å². The van der Waals surface area contributed by atoms with Gasteiger partial charge in [-0.2, -0.15) is 0 Å². The number of anilines is 1. The fraction of sp³-hybridized carbons (Fsp3) is 0.250. The monoisotopic (exact) mass is 214 g/mol. The molecule has 0 fully saturated rings. The molecule has 1 aromatic heterocycles. The van der Waals surface area contributed by atoms with E-state index in [-0.39, 0.29) is 0 Å². The molecule has 82 valence electrons. The van der Waals surface area contributed by atoms with Gasteiger partial charge in [-0.15, -0.1) is 0 Å². The number of benzene rings is 1. The molecule has 0 radical (unpaired) electrons. The van der Waals surface area contributed by atoms with Gasteiger partial charge in [-0.05, 0) is 26.0 Å². The summed E-state index contributed by atoms with van der Waals surface area (Å²) in [6.07, 6.45) is 0. The van der Waals surface area contributed by atoms with Crippen molar-refractivity contribution in [3.63, 3.8) is 0 Å². The van der Waals surface area contributed by atoms with Gasteiger partial charge >= 0.3 is 0 Å². The molecule has 1 N–H and O–H groups in total. The first kappa shape index (κ1) is 10.5. The summed E-state index contributed by atoms with van der Waals surface area (Å²) in [7, 11) is 1.89. The first-order valence-electron chi connectivity index (χ1n) is 5.16. The molecule has 1 aromatic carbocycles. The summed E-state index contributed by atoms with van der Waals surface area (Å²) in [4.78, 5) is 12.8. The van der Waals surface area contributed by atoms with Crippen molar-refractivity contribution in [1.82, 2.24) is 15.0 Å². The van der Waals surface area contributed by atoms with Crippen LogP contribution in [-0.4, -0.2) is 22.0 Å². The molecule has 0 atom stereocenters. The minimum atomic E-state index is 0.724. The van der Waals surface area contributed by atoms with E-state index in [1.807, 2.05) is 45.2 Å². The molecule has 2 aromatic rings. The van der Waals surface area contributed by atoms with Crippen molar-refractivity contribution in [3.8, 4) is 11.4 Å². The molecule has 0 saturated heterocycles. The molecule has 16 heavy (non-hydrogen) atoms. The van der Waals surface area contributed by atoms with Crippen LogP contribution >= 0.6 is 0 Å². The van der Waals surface area contributed by atoms with E-state index < -0.39 is 0 Å². The second-order valence-electron chi connectivity index (χ2n) is 3.58. The van der Waals surface area contributed by atoms with Gasteiger partial charge in [0.25, 0.3) is 0 Å². The third kappa shape index (κ3) is 2.16. The van der Waals surface area contributed by atoms with Crippen LogP contribution in [-0.2, 0) is 0 Å². The Morgan fingerprint density at radius 2 is 1.69 bits per heavy atom. The van der Waals surface area contributed by atoms with Gasteiger partial charge in [0.05, 0.1) is 0 Å². The van der Waals surface area contributed by atoms with E-state index in [1.165, 1.54) is 0 Å². The lowest BCUT2D eigenvalue weighted by Gasteiger charge is -2.05. The second-order valence-corrected chi connectivity index (χ2v) is 3.58. The number of nitrogens with zero attached hydrogens (tertiary/aromatic N) is 3. The lowest BCUT2D eigenvalue weighted by Crippen LogP contribution is -1.99. The van der Waals surface area contributed by atoms with Gasteiger partial charge in [0, 0.05) is 18.3 Å². The van der Waals surface area contributed by atoms with Gasteiger partial charge in [-0.25, -0.2) is 15.0 Å². The summed E-state index contributed by atoms with van der Waals surface area (Å²) in [5.41, 5.74) is 2.05. The van der Waals surface area contributed by atoms with E-state index in [2.05, 4.69) is 20.3 Å². The fourth-order valence-corrected chi connectivity index (χ4v) is 1.56. The standard InChI is InChI=1S/C12H14N4/c1-8-14-9(2)16-12(15-8)10-5-4-6-11(7-10)13-3/h4-7,13H,1-3H3. The Balaban J connectivity index is 2.49. The normalized spacial score (nSPS) is 10.2. The quantitative estimate of drug-likeness (QED) is 0.832. The Bertz CT molecular complexity index is 488. The predicted molar refractivity (Wildman–Crippen MR) is 64.3 cm³/mol. The second kappa shape index (κ2) is 4.26. The van der Waals surface area contributed by atoms with Crippen LogP contribution in [0.2, 0.25) is 0 Å². The maximum absolute atomic E-state index is 4.33. The SMILES string of the molecule is CNc1cccc(-c2nc(C)nc(C)n2)c1. The van der Waals surface area contributed by atoms with Crippen LogP contribution in [0.3, 0.4) is 0 Å². The Labute approximate surface area is 94.8 Å². The van der Waals surface area contributed by atoms with Gasteiger partial charge in [-0.1, -0.05) is 12.1 Å². The van der Waals surface area contributed by atoms with E-state index >= 15 is 0 Å². The van der Waals surface area contributed by atoms with E-state index in [4.69, 9.17) is 0 Å². The summed E-state index contributed by atoms with van der Waals surface area (Å²) < 4.78 is 0. The van der Waals surface area contributed by atoms with Crippen LogP contribution in [0.4, 0.5) is 5.69 Å². The first-order valence-corrected chi connectivity index (χ1v) is 5.16. The van der Waals surface area contributed by atoms with E-state index in [9.17, 15) is 0 Å². The van der Waals surface area contributed by atoms with E-state index in [0.29, 0.717) is 0 Å². The molecule has 0 unspecified atom stereocenters. The molecule has 4 heteroatoms. The highest BCUT2D eigenvalue weighted by atomic mass is 15.0. The molecule has 4 nitrogen and oxygen atoms in total. The van der Waals surface area contributed by atoms with Gasteiger partial charge in [0.15, 0.2) is 5.82 Å². The summed E-state index contributed by atoms with van der Waals surface area (Å²) in [6, 6.07) is 8.00. The Morgan fingerprint density at radius 1 is 1.00 bits per heavy atom. The average Bonchev–Trinajstić information content (AvgIpc) is 2.28. The minimum Gasteiger partial charge on any atom is -0.388 e. The van der Waals surface area contributed by atoms with Crippen molar-refractivity contribution < 1.29 is 0 Å². The van der Waals surface area contributed by atoms with Crippen molar-refractivity contribution in [2.45, 2.75) is 13.8 Å². The number of nitrogens with one attached hydrogen (secondary N) is 1. The molecule has 0 aliphatic carbocycles. The molecule has 0 spiro atoms. The lowest BCUT2D eigenvalue weighted by atomic mass is 10.2. The topological polar surface area (TPSA) is 50.7 Å². The highest BCUT2D eigenvalue weighted by Gasteiger charge is 2.04. The highest BCUT2D eigenvalue weighted by Crippen LogP contribution is 2.18. The zero-order chi connectivity index (χ0) is 11.5. The molecule has 1 heterocycles. The molecule has 0 aliphatic rings. The van der Waals surface area contributed by atoms with Crippen LogP contribution in [0.5, 0.6) is 0 Å². The van der Waals surface area contributed by atoms with Gasteiger partial charge in [0.1, 0.15) is 11.6 Å². The molecule has 0 amide bonds. The van der Waals surface area contributed by atoms with Gasteiger partial charge in [0.2, 0.25) is 0 Å². The number of hydrogen-bond acceptors (Lipinski definition) is 4. The minimum absolute atomic E-state index is 0.724. The summed E-state index contributed by atoms with van der Waals surface area (Å²) >= 11 is 0. The third-order valence-electron chi connectivity index (χ3n) is 2.27. The van der Waals surface area contributed by atoms with Crippen molar-refractivity contribution in [3.05, 3.63) is 35.9 Å². The molecule has 0 bridgehead atoms. The maximum Gasteiger partial charge on any atom is 0.163 e. The van der Waals surface area contributed by atoms with E-state index in [0.717, 1.165) is 28.7 Å². The summed E-state index contributed by atoms with van der Waals surface area (Å²) in [5.74, 6) is 2.22. The number of aryl methyl sites for hydroxylation is 2. The zero-order valence-electron chi connectivity index (χ0n) is 9.65. The predicted octanol–water partition coefficient (Wildman–Crippen LogP) is 2.20. The number of rotatable bonds is 2. The largest absolute Gasteiger partial charge is 0.388 e. The number of aromatic nitrogens is 3. The smallest absolute Gasteiger partial charge is 0.163 e.